The number of anilines is 2. The molecule has 110 valence electrons. The lowest BCUT2D eigenvalue weighted by Crippen LogP contribution is -2.10. The largest absolute Gasteiger partial charge is 0.381 e. The quantitative estimate of drug-likeness (QED) is 0.885. The number of rotatable bonds is 4. The number of halogens is 1. The summed E-state index contributed by atoms with van der Waals surface area (Å²) in [6.07, 6.45) is 4.07. The van der Waals surface area contributed by atoms with Gasteiger partial charge in [0.15, 0.2) is 0 Å². The molecule has 0 saturated carbocycles. The maximum absolute atomic E-state index is 5.76. The minimum Gasteiger partial charge on any atom is -0.381 e. The molecular weight excluding hydrogens is 292 g/mol. The van der Waals surface area contributed by atoms with Gasteiger partial charge in [0.25, 0.3) is 0 Å². The zero-order chi connectivity index (χ0) is 14.7. The van der Waals surface area contributed by atoms with Gasteiger partial charge in [-0.3, -0.25) is 0 Å². The van der Waals surface area contributed by atoms with Crippen molar-refractivity contribution < 1.29 is 4.74 Å². The highest BCUT2D eigenvalue weighted by molar-refractivity contribution is 6.30. The van der Waals surface area contributed by atoms with Crippen molar-refractivity contribution >= 4 is 23.4 Å². The highest BCUT2D eigenvalue weighted by Crippen LogP contribution is 2.25. The van der Waals surface area contributed by atoms with E-state index in [0.29, 0.717) is 29.8 Å². The molecule has 1 aliphatic rings. The smallest absolute Gasteiger partial charge is 0.222 e. The van der Waals surface area contributed by atoms with Crippen LogP contribution in [0.25, 0.3) is 0 Å². The molecule has 3 rings (SSSR count). The summed E-state index contributed by atoms with van der Waals surface area (Å²) in [7, 11) is 0. The zero-order valence-corrected chi connectivity index (χ0v) is 12.0. The molecule has 21 heavy (non-hydrogen) atoms. The summed E-state index contributed by atoms with van der Waals surface area (Å²) in [6, 6.07) is 1.89. The Balaban J connectivity index is 1.71. The lowest BCUT2D eigenvalue weighted by Gasteiger charge is -2.11. The Morgan fingerprint density at radius 3 is 2.86 bits per heavy atom. The van der Waals surface area contributed by atoms with Crippen molar-refractivity contribution in [1.82, 2.24) is 19.9 Å². The maximum atomic E-state index is 5.76. The summed E-state index contributed by atoms with van der Waals surface area (Å²) in [5, 5.41) is 3.65. The maximum Gasteiger partial charge on any atom is 0.222 e. The van der Waals surface area contributed by atoms with Gasteiger partial charge in [-0.25, -0.2) is 15.0 Å². The molecule has 0 bridgehead atoms. The van der Waals surface area contributed by atoms with Crippen molar-refractivity contribution in [3.05, 3.63) is 35.0 Å². The lowest BCUT2D eigenvalue weighted by atomic mass is 10.0. The normalized spacial score (nSPS) is 17.9. The summed E-state index contributed by atoms with van der Waals surface area (Å²) < 4.78 is 5.38. The third-order valence-corrected chi connectivity index (χ3v) is 3.41. The number of nitrogen functional groups attached to an aromatic ring is 1. The molecule has 1 saturated heterocycles. The second kappa shape index (κ2) is 6.19. The SMILES string of the molecule is Nc1nc(NCc2ncc(Cl)cn2)cc([C@@H]2CCOC2)n1. The van der Waals surface area contributed by atoms with E-state index in [0.717, 1.165) is 18.7 Å². The van der Waals surface area contributed by atoms with Gasteiger partial charge in [-0.2, -0.15) is 4.98 Å². The van der Waals surface area contributed by atoms with Crippen LogP contribution in [0.2, 0.25) is 5.02 Å². The Morgan fingerprint density at radius 1 is 1.33 bits per heavy atom. The first-order valence-corrected chi connectivity index (χ1v) is 7.01. The fourth-order valence-electron chi connectivity index (χ4n) is 2.15. The second-order valence-electron chi connectivity index (χ2n) is 4.77. The molecule has 2 aromatic rings. The zero-order valence-electron chi connectivity index (χ0n) is 11.3. The van der Waals surface area contributed by atoms with E-state index < -0.39 is 0 Å². The van der Waals surface area contributed by atoms with Gasteiger partial charge in [-0.15, -0.1) is 0 Å². The van der Waals surface area contributed by atoms with Crippen LogP contribution in [0.3, 0.4) is 0 Å². The van der Waals surface area contributed by atoms with E-state index in [2.05, 4.69) is 25.3 Å². The fraction of sp³-hybridized carbons (Fsp3) is 0.385. The molecule has 0 unspecified atom stereocenters. The number of hydrogen-bond donors (Lipinski definition) is 2. The molecule has 0 amide bonds. The van der Waals surface area contributed by atoms with Crippen LogP contribution in [0.5, 0.6) is 0 Å². The van der Waals surface area contributed by atoms with Crippen LogP contribution < -0.4 is 11.1 Å². The molecule has 1 aliphatic heterocycles. The average molecular weight is 307 g/mol. The monoisotopic (exact) mass is 306 g/mol. The Labute approximate surface area is 126 Å². The van der Waals surface area contributed by atoms with Gasteiger partial charge >= 0.3 is 0 Å². The molecule has 8 heteroatoms. The van der Waals surface area contributed by atoms with Gasteiger partial charge in [-0.1, -0.05) is 11.6 Å². The summed E-state index contributed by atoms with van der Waals surface area (Å²) in [5.74, 6) is 1.81. The van der Waals surface area contributed by atoms with Crippen molar-refractivity contribution in [2.24, 2.45) is 0 Å². The van der Waals surface area contributed by atoms with Crippen molar-refractivity contribution in [3.63, 3.8) is 0 Å². The minimum absolute atomic E-state index is 0.249. The molecule has 2 aromatic heterocycles. The fourth-order valence-corrected chi connectivity index (χ4v) is 2.25. The summed E-state index contributed by atoms with van der Waals surface area (Å²) >= 11 is 5.75. The van der Waals surface area contributed by atoms with Crippen LogP contribution in [-0.4, -0.2) is 33.1 Å². The highest BCUT2D eigenvalue weighted by Gasteiger charge is 2.20. The molecule has 1 fully saturated rings. The Morgan fingerprint density at radius 2 is 2.14 bits per heavy atom. The van der Waals surface area contributed by atoms with Gasteiger partial charge < -0.3 is 15.8 Å². The van der Waals surface area contributed by atoms with E-state index in [1.54, 1.807) is 12.4 Å². The van der Waals surface area contributed by atoms with Crippen molar-refractivity contribution in [3.8, 4) is 0 Å². The number of ether oxygens (including phenoxy) is 1. The molecule has 3 N–H and O–H groups in total. The first-order chi connectivity index (χ1) is 10.2. The van der Waals surface area contributed by atoms with E-state index in [-0.39, 0.29) is 11.9 Å². The summed E-state index contributed by atoms with van der Waals surface area (Å²) in [6.45, 7) is 1.88. The Kier molecular flexibility index (Phi) is 4.12. The molecule has 0 spiro atoms. The van der Waals surface area contributed by atoms with Crippen molar-refractivity contribution in [1.29, 1.82) is 0 Å². The molecule has 3 heterocycles. The number of aromatic nitrogens is 4. The van der Waals surface area contributed by atoms with E-state index in [4.69, 9.17) is 22.1 Å². The predicted molar refractivity (Wildman–Crippen MR) is 79.0 cm³/mol. The van der Waals surface area contributed by atoms with E-state index >= 15 is 0 Å². The molecular formula is C13H15ClN6O. The highest BCUT2D eigenvalue weighted by atomic mass is 35.5. The molecule has 0 aromatic carbocycles. The summed E-state index contributed by atoms with van der Waals surface area (Å²) in [5.41, 5.74) is 6.67. The Hall–Kier alpha value is -1.99. The molecule has 1 atom stereocenters. The minimum atomic E-state index is 0.249. The van der Waals surface area contributed by atoms with Gasteiger partial charge in [0.2, 0.25) is 5.95 Å². The average Bonchev–Trinajstić information content (AvgIpc) is 3.00. The number of hydrogen-bond acceptors (Lipinski definition) is 7. The lowest BCUT2D eigenvalue weighted by molar-refractivity contribution is 0.193. The third-order valence-electron chi connectivity index (χ3n) is 3.21. The topological polar surface area (TPSA) is 98.8 Å². The van der Waals surface area contributed by atoms with Gasteiger partial charge in [0.1, 0.15) is 11.6 Å². The van der Waals surface area contributed by atoms with E-state index in [1.807, 2.05) is 6.07 Å². The van der Waals surface area contributed by atoms with Crippen LogP contribution in [0.15, 0.2) is 18.5 Å². The number of nitrogens with zero attached hydrogens (tertiary/aromatic N) is 4. The molecule has 7 nitrogen and oxygen atoms in total. The predicted octanol–water partition coefficient (Wildman–Crippen LogP) is 1.62. The van der Waals surface area contributed by atoms with E-state index in [9.17, 15) is 0 Å². The standard InChI is InChI=1S/C13H15ClN6O/c14-9-4-16-12(17-5-9)6-18-11-3-10(19-13(15)20-11)8-1-2-21-7-8/h3-5,8H,1-2,6-7H2,(H3,15,18,19,20)/t8-/m1/s1. The van der Waals surface area contributed by atoms with Crippen LogP contribution in [0.4, 0.5) is 11.8 Å². The van der Waals surface area contributed by atoms with Gasteiger partial charge in [0.05, 0.1) is 23.9 Å². The van der Waals surface area contributed by atoms with Crippen molar-refractivity contribution in [2.75, 3.05) is 24.3 Å². The van der Waals surface area contributed by atoms with Crippen LogP contribution in [0, 0.1) is 0 Å². The van der Waals surface area contributed by atoms with Crippen molar-refractivity contribution in [2.45, 2.75) is 18.9 Å². The first-order valence-electron chi connectivity index (χ1n) is 6.63. The van der Waals surface area contributed by atoms with Gasteiger partial charge in [-0.05, 0) is 6.42 Å². The van der Waals surface area contributed by atoms with Crippen LogP contribution in [0.1, 0.15) is 23.9 Å². The molecule has 0 radical (unpaired) electrons. The Bertz CT molecular complexity index is 615. The third kappa shape index (κ3) is 3.56. The molecule has 0 aliphatic carbocycles. The number of nitrogens with two attached hydrogens (primary N) is 1. The van der Waals surface area contributed by atoms with Gasteiger partial charge in [0, 0.05) is 31.0 Å². The second-order valence-corrected chi connectivity index (χ2v) is 5.20. The summed E-state index contributed by atoms with van der Waals surface area (Å²) in [4.78, 5) is 16.7. The van der Waals surface area contributed by atoms with Crippen LogP contribution >= 0.6 is 11.6 Å². The first kappa shape index (κ1) is 14.0. The number of nitrogens with one attached hydrogen (secondary N) is 1. The van der Waals surface area contributed by atoms with E-state index in [1.165, 1.54) is 0 Å². The van der Waals surface area contributed by atoms with Crippen LogP contribution in [-0.2, 0) is 11.3 Å².